The predicted octanol–water partition coefficient (Wildman–Crippen LogP) is 3.72. The molecule has 0 aliphatic heterocycles. The Balaban J connectivity index is 1.62. The fourth-order valence-corrected chi connectivity index (χ4v) is 2.80. The molecule has 154 valence electrons. The lowest BCUT2D eigenvalue weighted by molar-refractivity contribution is -0.143. The predicted molar refractivity (Wildman–Crippen MR) is 113 cm³/mol. The van der Waals surface area contributed by atoms with Gasteiger partial charge in [-0.15, -0.1) is 0 Å². The first kappa shape index (κ1) is 22.1. The van der Waals surface area contributed by atoms with Crippen LogP contribution in [0.25, 0.3) is 0 Å². The van der Waals surface area contributed by atoms with Crippen LogP contribution in [0.1, 0.15) is 48.5 Å². The van der Waals surface area contributed by atoms with Crippen LogP contribution >= 0.6 is 0 Å². The first-order valence-corrected chi connectivity index (χ1v) is 9.96. The Hall–Kier alpha value is -3.15. The number of anilines is 1. The number of hydrogen-bond donors (Lipinski definition) is 2. The zero-order chi connectivity index (χ0) is 20.9. The molecule has 6 nitrogen and oxygen atoms in total. The number of nitrogens with one attached hydrogen (secondary N) is 2. The molecule has 2 aromatic rings. The van der Waals surface area contributed by atoms with Crippen molar-refractivity contribution in [3.8, 4) is 0 Å². The minimum atomic E-state index is -0.288. The maximum atomic E-state index is 12.1. The van der Waals surface area contributed by atoms with E-state index in [1.165, 1.54) is 5.56 Å². The van der Waals surface area contributed by atoms with Crippen molar-refractivity contribution in [1.82, 2.24) is 5.32 Å². The van der Waals surface area contributed by atoms with Crippen molar-refractivity contribution in [2.75, 3.05) is 18.5 Å². The maximum Gasteiger partial charge on any atom is 0.305 e. The highest BCUT2D eigenvalue weighted by atomic mass is 16.5. The van der Waals surface area contributed by atoms with E-state index < -0.39 is 0 Å². The molecule has 0 saturated heterocycles. The van der Waals surface area contributed by atoms with Gasteiger partial charge in [-0.25, -0.2) is 0 Å². The van der Waals surface area contributed by atoms with Crippen LogP contribution in [0, 0.1) is 0 Å². The Morgan fingerprint density at radius 2 is 1.72 bits per heavy atom. The smallest absolute Gasteiger partial charge is 0.305 e. The van der Waals surface area contributed by atoms with Gasteiger partial charge in [0.15, 0.2) is 0 Å². The van der Waals surface area contributed by atoms with Gasteiger partial charge >= 0.3 is 5.97 Å². The summed E-state index contributed by atoms with van der Waals surface area (Å²) in [4.78, 5) is 35.7. The summed E-state index contributed by atoms with van der Waals surface area (Å²) in [6.45, 7) is 2.77. The van der Waals surface area contributed by atoms with Crippen LogP contribution in [0.2, 0.25) is 0 Å². The van der Waals surface area contributed by atoms with Gasteiger partial charge in [0.2, 0.25) is 5.91 Å². The topological polar surface area (TPSA) is 84.5 Å². The normalized spacial score (nSPS) is 10.2. The average molecular weight is 396 g/mol. The van der Waals surface area contributed by atoms with Crippen molar-refractivity contribution >= 4 is 23.5 Å². The van der Waals surface area contributed by atoms with Crippen LogP contribution < -0.4 is 10.6 Å². The molecular formula is C23H28N2O4. The van der Waals surface area contributed by atoms with E-state index in [9.17, 15) is 14.4 Å². The Bertz CT molecular complexity index is 806. The highest BCUT2D eigenvalue weighted by molar-refractivity contribution is 5.97. The minimum absolute atomic E-state index is 0.182. The molecule has 2 amide bonds. The van der Waals surface area contributed by atoms with E-state index in [0.717, 1.165) is 12.8 Å². The second-order valence-corrected chi connectivity index (χ2v) is 6.65. The van der Waals surface area contributed by atoms with Gasteiger partial charge < -0.3 is 15.4 Å². The van der Waals surface area contributed by atoms with Crippen molar-refractivity contribution in [3.63, 3.8) is 0 Å². The fourth-order valence-electron chi connectivity index (χ4n) is 2.80. The highest BCUT2D eigenvalue weighted by Gasteiger charge is 2.09. The number of benzene rings is 2. The molecule has 29 heavy (non-hydrogen) atoms. The number of carbonyl (C=O) groups is 3. The van der Waals surface area contributed by atoms with E-state index >= 15 is 0 Å². The summed E-state index contributed by atoms with van der Waals surface area (Å²) in [5, 5.41) is 5.47. The highest BCUT2D eigenvalue weighted by Crippen LogP contribution is 2.12. The third-order valence-electron chi connectivity index (χ3n) is 4.25. The lowest BCUT2D eigenvalue weighted by atomic mass is 10.1. The van der Waals surface area contributed by atoms with Crippen LogP contribution in [0.15, 0.2) is 54.6 Å². The van der Waals surface area contributed by atoms with Crippen molar-refractivity contribution in [1.29, 1.82) is 0 Å². The van der Waals surface area contributed by atoms with Crippen molar-refractivity contribution in [2.24, 2.45) is 0 Å². The van der Waals surface area contributed by atoms with Crippen LogP contribution in [0.5, 0.6) is 0 Å². The standard InChI is InChI=1S/C23H28N2O4/c1-2-24-23(28)19-12-6-13-20(17-19)25-21(26)14-7-15-22(27)29-16-8-11-18-9-4-3-5-10-18/h3-6,9-10,12-13,17H,2,7-8,11,14-16H2,1H3,(H,24,28)(H,25,26). The fraction of sp³-hybridized carbons (Fsp3) is 0.348. The first-order valence-electron chi connectivity index (χ1n) is 9.96. The van der Waals surface area contributed by atoms with E-state index in [2.05, 4.69) is 10.6 Å². The summed E-state index contributed by atoms with van der Waals surface area (Å²) >= 11 is 0. The molecule has 0 atom stereocenters. The number of carbonyl (C=O) groups excluding carboxylic acids is 3. The Labute approximate surface area is 171 Å². The maximum absolute atomic E-state index is 12.1. The molecule has 0 spiro atoms. The number of ether oxygens (including phenoxy) is 1. The number of aryl methyl sites for hydroxylation is 1. The summed E-state index contributed by atoms with van der Waals surface area (Å²) in [5.74, 6) is -0.669. The van der Waals surface area contributed by atoms with E-state index in [1.807, 2.05) is 37.3 Å². The average Bonchev–Trinajstić information content (AvgIpc) is 2.72. The monoisotopic (exact) mass is 396 g/mol. The molecule has 6 heteroatoms. The Kier molecular flexibility index (Phi) is 9.42. The summed E-state index contributed by atoms with van der Waals surface area (Å²) < 4.78 is 5.21. The summed E-state index contributed by atoms with van der Waals surface area (Å²) in [6, 6.07) is 16.8. The molecular weight excluding hydrogens is 368 g/mol. The molecule has 2 rings (SSSR count). The molecule has 0 aliphatic rings. The minimum Gasteiger partial charge on any atom is -0.466 e. The molecule has 0 unspecified atom stereocenters. The second kappa shape index (κ2) is 12.3. The van der Waals surface area contributed by atoms with Crippen molar-refractivity contribution < 1.29 is 19.1 Å². The zero-order valence-electron chi connectivity index (χ0n) is 16.8. The molecule has 0 bridgehead atoms. The molecule has 0 fully saturated rings. The van der Waals surface area contributed by atoms with Gasteiger partial charge in [0.1, 0.15) is 0 Å². The lowest BCUT2D eigenvalue weighted by Crippen LogP contribution is -2.22. The van der Waals surface area contributed by atoms with Crippen molar-refractivity contribution in [2.45, 2.75) is 39.0 Å². The number of rotatable bonds is 11. The molecule has 0 radical (unpaired) electrons. The van der Waals surface area contributed by atoms with E-state index in [0.29, 0.717) is 30.8 Å². The van der Waals surface area contributed by atoms with Gasteiger partial charge in [-0.1, -0.05) is 36.4 Å². The van der Waals surface area contributed by atoms with Crippen LogP contribution in [0.3, 0.4) is 0 Å². The largest absolute Gasteiger partial charge is 0.466 e. The van der Waals surface area contributed by atoms with Crippen LogP contribution in [-0.2, 0) is 20.7 Å². The van der Waals surface area contributed by atoms with Crippen LogP contribution in [-0.4, -0.2) is 30.9 Å². The zero-order valence-corrected chi connectivity index (χ0v) is 16.8. The van der Waals surface area contributed by atoms with Gasteiger partial charge in [-0.3, -0.25) is 14.4 Å². The van der Waals surface area contributed by atoms with Gasteiger partial charge in [0, 0.05) is 30.6 Å². The molecule has 0 aliphatic carbocycles. The first-order chi connectivity index (χ1) is 14.1. The quantitative estimate of drug-likeness (QED) is 0.448. The molecule has 2 N–H and O–H groups in total. The molecule has 2 aromatic carbocycles. The van der Waals surface area contributed by atoms with Crippen LogP contribution in [0.4, 0.5) is 5.69 Å². The van der Waals surface area contributed by atoms with E-state index in [1.54, 1.807) is 24.3 Å². The van der Waals surface area contributed by atoms with Gasteiger partial charge in [0.05, 0.1) is 6.61 Å². The molecule has 0 aromatic heterocycles. The third-order valence-corrected chi connectivity index (χ3v) is 4.25. The Morgan fingerprint density at radius 1 is 0.931 bits per heavy atom. The lowest BCUT2D eigenvalue weighted by Gasteiger charge is -2.08. The third kappa shape index (κ3) is 8.60. The van der Waals surface area contributed by atoms with E-state index in [4.69, 9.17) is 4.74 Å². The van der Waals surface area contributed by atoms with Gasteiger partial charge in [-0.05, 0) is 49.9 Å². The summed E-state index contributed by atoms with van der Waals surface area (Å²) in [7, 11) is 0. The summed E-state index contributed by atoms with van der Waals surface area (Å²) in [6.07, 6.45) is 2.48. The SMILES string of the molecule is CCNC(=O)c1cccc(NC(=O)CCCC(=O)OCCCc2ccccc2)c1. The number of hydrogen-bond acceptors (Lipinski definition) is 4. The second-order valence-electron chi connectivity index (χ2n) is 6.65. The number of amides is 2. The van der Waals surface area contributed by atoms with Gasteiger partial charge in [0.25, 0.3) is 5.91 Å². The van der Waals surface area contributed by atoms with Gasteiger partial charge in [-0.2, -0.15) is 0 Å². The van der Waals surface area contributed by atoms with Crippen molar-refractivity contribution in [3.05, 3.63) is 65.7 Å². The Morgan fingerprint density at radius 3 is 2.48 bits per heavy atom. The summed E-state index contributed by atoms with van der Waals surface area (Å²) in [5.41, 5.74) is 2.27. The molecule has 0 heterocycles. The number of esters is 1. The van der Waals surface area contributed by atoms with E-state index in [-0.39, 0.29) is 30.6 Å². The molecule has 0 saturated carbocycles.